The standard InChI is InChI=1S/C11H13N3O8S/c1-5(15)10(6(2)16)13-12-8-3-7(14(18)19)4-9(11(8)17)23(20,21)22/h3-4,10,12-13,17H,1-2H3,(H,20,21,22). The molecule has 0 radical (unpaired) electrons. The van der Waals surface area contributed by atoms with Crippen molar-refractivity contribution in [2.45, 2.75) is 24.8 Å². The molecule has 0 saturated carbocycles. The highest BCUT2D eigenvalue weighted by Gasteiger charge is 2.25. The van der Waals surface area contributed by atoms with E-state index in [9.17, 15) is 33.2 Å². The largest absolute Gasteiger partial charge is 0.504 e. The number of nitrogens with one attached hydrogen (secondary N) is 2. The second-order valence-corrected chi connectivity index (χ2v) is 5.89. The molecule has 0 unspecified atom stereocenters. The van der Waals surface area contributed by atoms with Crippen LogP contribution in [-0.4, -0.2) is 40.6 Å². The lowest BCUT2D eigenvalue weighted by atomic mass is 10.1. The van der Waals surface area contributed by atoms with Crippen molar-refractivity contribution in [3.05, 3.63) is 22.2 Å². The number of carbonyl (C=O) groups excluding carboxylic acids is 2. The number of rotatable bonds is 7. The summed E-state index contributed by atoms with van der Waals surface area (Å²) in [6.45, 7) is 2.22. The average Bonchev–Trinajstić information content (AvgIpc) is 2.38. The van der Waals surface area contributed by atoms with E-state index in [2.05, 4.69) is 10.9 Å². The van der Waals surface area contributed by atoms with Crippen LogP contribution in [0.25, 0.3) is 0 Å². The Balaban J connectivity index is 3.30. The first-order valence-corrected chi connectivity index (χ1v) is 7.40. The van der Waals surface area contributed by atoms with Crippen LogP contribution in [0.4, 0.5) is 11.4 Å². The van der Waals surface area contributed by atoms with Crippen LogP contribution in [0.3, 0.4) is 0 Å². The van der Waals surface area contributed by atoms with Gasteiger partial charge in [-0.15, -0.1) is 0 Å². The van der Waals surface area contributed by atoms with Crippen molar-refractivity contribution in [2.75, 3.05) is 5.43 Å². The number of nitrogens with zero attached hydrogens (tertiary/aromatic N) is 1. The van der Waals surface area contributed by atoms with Gasteiger partial charge < -0.3 is 10.5 Å². The number of anilines is 1. The maximum absolute atomic E-state index is 11.3. The molecule has 11 nitrogen and oxygen atoms in total. The second kappa shape index (κ2) is 6.68. The van der Waals surface area contributed by atoms with Crippen molar-refractivity contribution in [1.29, 1.82) is 0 Å². The van der Waals surface area contributed by atoms with E-state index in [1.807, 2.05) is 0 Å². The number of hydrogen-bond donors (Lipinski definition) is 4. The summed E-state index contributed by atoms with van der Waals surface area (Å²) in [6.07, 6.45) is 0. The number of non-ortho nitro benzene ring substituents is 1. The van der Waals surface area contributed by atoms with E-state index >= 15 is 0 Å². The third-order valence-electron chi connectivity index (χ3n) is 2.71. The van der Waals surface area contributed by atoms with E-state index in [1.165, 1.54) is 0 Å². The predicted octanol–water partition coefficient (Wildman–Crippen LogP) is 0.0102. The van der Waals surface area contributed by atoms with Crippen LogP contribution in [0.2, 0.25) is 0 Å². The average molecular weight is 347 g/mol. The van der Waals surface area contributed by atoms with Gasteiger partial charge in [0.25, 0.3) is 15.8 Å². The minimum absolute atomic E-state index is 0.462. The monoisotopic (exact) mass is 347 g/mol. The molecule has 0 aromatic heterocycles. The van der Waals surface area contributed by atoms with Crippen LogP contribution in [0.1, 0.15) is 13.8 Å². The van der Waals surface area contributed by atoms with Gasteiger partial charge in [0, 0.05) is 12.1 Å². The van der Waals surface area contributed by atoms with Crippen molar-refractivity contribution < 1.29 is 32.6 Å². The van der Waals surface area contributed by atoms with Gasteiger partial charge in [-0.25, -0.2) is 5.43 Å². The zero-order valence-corrected chi connectivity index (χ0v) is 12.7. The second-order valence-electron chi connectivity index (χ2n) is 4.50. The summed E-state index contributed by atoms with van der Waals surface area (Å²) >= 11 is 0. The molecule has 126 valence electrons. The normalized spacial score (nSPS) is 11.3. The Morgan fingerprint density at radius 2 is 1.78 bits per heavy atom. The van der Waals surface area contributed by atoms with Crippen molar-refractivity contribution in [3.63, 3.8) is 0 Å². The summed E-state index contributed by atoms with van der Waals surface area (Å²) in [6, 6.07) is -0.0969. The highest BCUT2D eigenvalue weighted by molar-refractivity contribution is 7.86. The van der Waals surface area contributed by atoms with E-state index in [-0.39, 0.29) is 0 Å². The van der Waals surface area contributed by atoms with Gasteiger partial charge in [0.15, 0.2) is 17.3 Å². The Bertz CT molecular complexity index is 760. The summed E-state index contributed by atoms with van der Waals surface area (Å²) in [5, 5.41) is 20.6. The molecule has 23 heavy (non-hydrogen) atoms. The van der Waals surface area contributed by atoms with Gasteiger partial charge in [-0.05, 0) is 13.8 Å². The van der Waals surface area contributed by atoms with Crippen LogP contribution >= 0.6 is 0 Å². The third-order valence-corrected chi connectivity index (χ3v) is 3.58. The minimum Gasteiger partial charge on any atom is -0.504 e. The molecule has 1 aromatic carbocycles. The molecule has 1 aromatic rings. The van der Waals surface area contributed by atoms with Gasteiger partial charge in [0.1, 0.15) is 10.9 Å². The highest BCUT2D eigenvalue weighted by atomic mass is 32.2. The first-order chi connectivity index (χ1) is 10.4. The number of carbonyl (C=O) groups is 2. The molecular formula is C11H13N3O8S. The summed E-state index contributed by atoms with van der Waals surface area (Å²) in [5.41, 5.74) is 3.11. The van der Waals surface area contributed by atoms with Crippen LogP contribution in [0.15, 0.2) is 17.0 Å². The number of phenols is 1. The molecular weight excluding hydrogens is 334 g/mol. The number of benzene rings is 1. The maximum atomic E-state index is 11.3. The molecule has 12 heteroatoms. The number of phenolic OH excluding ortho intramolecular Hbond substituents is 1. The topological polar surface area (TPSA) is 176 Å². The Kier molecular flexibility index (Phi) is 5.37. The number of nitro benzene ring substituents is 1. The van der Waals surface area contributed by atoms with E-state index in [0.29, 0.717) is 6.07 Å². The van der Waals surface area contributed by atoms with Gasteiger partial charge in [-0.1, -0.05) is 0 Å². The molecule has 0 spiro atoms. The molecule has 0 aliphatic carbocycles. The Hall–Kier alpha value is -2.57. The lowest BCUT2D eigenvalue weighted by molar-refractivity contribution is -0.385. The zero-order valence-electron chi connectivity index (χ0n) is 11.9. The molecule has 0 atom stereocenters. The van der Waals surface area contributed by atoms with Crippen LogP contribution in [0, 0.1) is 10.1 Å². The molecule has 4 N–H and O–H groups in total. The van der Waals surface area contributed by atoms with Crippen LogP contribution in [-0.2, 0) is 19.7 Å². The fourth-order valence-electron chi connectivity index (χ4n) is 1.63. The van der Waals surface area contributed by atoms with Crippen molar-refractivity contribution in [2.24, 2.45) is 0 Å². The fraction of sp³-hybridized carbons (Fsp3) is 0.273. The number of hydrazine groups is 1. The molecule has 0 amide bonds. The van der Waals surface area contributed by atoms with Crippen molar-refractivity contribution in [3.8, 4) is 5.75 Å². The molecule has 0 bridgehead atoms. The molecule has 0 aliphatic rings. The number of ketones is 2. The quantitative estimate of drug-likeness (QED) is 0.173. The minimum atomic E-state index is -4.94. The van der Waals surface area contributed by atoms with Crippen LogP contribution in [0.5, 0.6) is 5.75 Å². The van der Waals surface area contributed by atoms with Gasteiger partial charge in [-0.2, -0.15) is 8.42 Å². The van der Waals surface area contributed by atoms with Gasteiger partial charge in [0.2, 0.25) is 0 Å². The molecule has 0 saturated heterocycles. The Labute approximate surface area is 130 Å². The van der Waals surface area contributed by atoms with E-state index < -0.39 is 54.7 Å². The first kappa shape index (κ1) is 18.5. The number of hydrogen-bond acceptors (Lipinski definition) is 9. The summed E-state index contributed by atoms with van der Waals surface area (Å²) in [7, 11) is -4.94. The summed E-state index contributed by atoms with van der Waals surface area (Å²) in [4.78, 5) is 31.3. The van der Waals surface area contributed by atoms with Crippen molar-refractivity contribution >= 4 is 33.1 Å². The first-order valence-electron chi connectivity index (χ1n) is 5.96. The third kappa shape index (κ3) is 4.45. The Morgan fingerprint density at radius 3 is 2.17 bits per heavy atom. The summed E-state index contributed by atoms with van der Waals surface area (Å²) < 4.78 is 31.3. The molecule has 0 heterocycles. The maximum Gasteiger partial charge on any atom is 0.298 e. The molecule has 0 aliphatic heterocycles. The van der Waals surface area contributed by atoms with Crippen molar-refractivity contribution in [1.82, 2.24) is 5.43 Å². The predicted molar refractivity (Wildman–Crippen MR) is 76.5 cm³/mol. The van der Waals surface area contributed by atoms with Gasteiger partial charge >= 0.3 is 0 Å². The number of aromatic hydroxyl groups is 1. The lowest BCUT2D eigenvalue weighted by Gasteiger charge is -2.16. The van der Waals surface area contributed by atoms with Crippen LogP contribution < -0.4 is 10.9 Å². The smallest absolute Gasteiger partial charge is 0.298 e. The highest BCUT2D eigenvalue weighted by Crippen LogP contribution is 2.35. The van der Waals surface area contributed by atoms with Gasteiger partial charge in [-0.3, -0.25) is 24.3 Å². The Morgan fingerprint density at radius 1 is 1.26 bits per heavy atom. The summed E-state index contributed by atoms with van der Waals surface area (Å²) in [5.74, 6) is -2.17. The molecule has 0 fully saturated rings. The number of Topliss-reactive ketones (excluding diaryl/α,β-unsaturated/α-hetero) is 2. The van der Waals surface area contributed by atoms with E-state index in [1.54, 1.807) is 0 Å². The van der Waals surface area contributed by atoms with E-state index in [0.717, 1.165) is 19.9 Å². The fourth-order valence-corrected chi connectivity index (χ4v) is 2.25. The lowest BCUT2D eigenvalue weighted by Crippen LogP contribution is -2.44. The SMILES string of the molecule is CC(=O)C(NNc1cc([N+](=O)[O-])cc(S(=O)(=O)O)c1O)C(C)=O. The number of nitro groups is 1. The zero-order chi connectivity index (χ0) is 17.9. The van der Waals surface area contributed by atoms with E-state index in [4.69, 9.17) is 4.55 Å². The van der Waals surface area contributed by atoms with Gasteiger partial charge in [0.05, 0.1) is 10.6 Å². The molecule has 1 rings (SSSR count).